The molecule has 1 unspecified atom stereocenters. The number of amides is 1. The van der Waals surface area contributed by atoms with Gasteiger partial charge in [0.05, 0.1) is 0 Å². The SMILES string of the molecule is CCC(C)NC(=NCC(=O)N(C)C)NCCCN(CC)c1ccccc1.I. The fourth-order valence-electron chi connectivity index (χ4n) is 2.36. The van der Waals surface area contributed by atoms with Gasteiger partial charge in [0, 0.05) is 45.5 Å². The van der Waals surface area contributed by atoms with E-state index in [0.29, 0.717) is 12.0 Å². The van der Waals surface area contributed by atoms with Crippen LogP contribution in [-0.2, 0) is 4.79 Å². The van der Waals surface area contributed by atoms with E-state index in [4.69, 9.17) is 0 Å². The van der Waals surface area contributed by atoms with Gasteiger partial charge in [-0.3, -0.25) is 4.79 Å². The first-order chi connectivity index (χ1) is 12.5. The van der Waals surface area contributed by atoms with Crippen molar-refractivity contribution < 1.29 is 4.79 Å². The molecule has 0 fully saturated rings. The Labute approximate surface area is 181 Å². The Balaban J connectivity index is 0.00000676. The Hall–Kier alpha value is -1.51. The summed E-state index contributed by atoms with van der Waals surface area (Å²) >= 11 is 0. The molecule has 1 aromatic carbocycles. The Kier molecular flexibility index (Phi) is 13.7. The average molecular weight is 489 g/mol. The first kappa shape index (κ1) is 25.5. The zero-order chi connectivity index (χ0) is 19.4. The smallest absolute Gasteiger partial charge is 0.243 e. The minimum atomic E-state index is -0.00325. The van der Waals surface area contributed by atoms with Crippen LogP contribution in [0.15, 0.2) is 35.3 Å². The van der Waals surface area contributed by atoms with Gasteiger partial charge in [-0.1, -0.05) is 25.1 Å². The molecular weight excluding hydrogens is 453 g/mol. The van der Waals surface area contributed by atoms with Crippen molar-refractivity contribution in [1.29, 1.82) is 0 Å². The number of para-hydroxylation sites is 1. The Morgan fingerprint density at radius 3 is 2.41 bits per heavy atom. The minimum Gasteiger partial charge on any atom is -0.372 e. The second-order valence-corrected chi connectivity index (χ2v) is 6.60. The highest BCUT2D eigenvalue weighted by Crippen LogP contribution is 2.12. The van der Waals surface area contributed by atoms with Crippen LogP contribution in [0, 0.1) is 0 Å². The van der Waals surface area contributed by atoms with Crippen molar-refractivity contribution in [1.82, 2.24) is 15.5 Å². The summed E-state index contributed by atoms with van der Waals surface area (Å²) in [6.45, 7) is 9.32. The minimum absolute atomic E-state index is 0. The first-order valence-corrected chi connectivity index (χ1v) is 9.52. The van der Waals surface area contributed by atoms with Gasteiger partial charge in [-0.15, -0.1) is 24.0 Å². The number of nitrogens with zero attached hydrogens (tertiary/aromatic N) is 3. The summed E-state index contributed by atoms with van der Waals surface area (Å²) in [6, 6.07) is 10.8. The number of anilines is 1. The maximum Gasteiger partial charge on any atom is 0.243 e. The fourth-order valence-corrected chi connectivity index (χ4v) is 2.36. The van der Waals surface area contributed by atoms with E-state index < -0.39 is 0 Å². The van der Waals surface area contributed by atoms with Crippen LogP contribution in [0.5, 0.6) is 0 Å². The number of halogens is 1. The van der Waals surface area contributed by atoms with Gasteiger partial charge >= 0.3 is 0 Å². The molecule has 0 aliphatic heterocycles. The van der Waals surface area contributed by atoms with Crippen LogP contribution < -0.4 is 15.5 Å². The van der Waals surface area contributed by atoms with Crippen molar-refractivity contribution in [3.8, 4) is 0 Å². The van der Waals surface area contributed by atoms with E-state index in [2.05, 4.69) is 65.6 Å². The number of carbonyl (C=O) groups is 1. The van der Waals surface area contributed by atoms with Crippen molar-refractivity contribution in [2.24, 2.45) is 4.99 Å². The molecule has 7 heteroatoms. The summed E-state index contributed by atoms with van der Waals surface area (Å²) in [5, 5.41) is 6.70. The lowest BCUT2D eigenvalue weighted by atomic mass is 10.2. The average Bonchev–Trinajstić information content (AvgIpc) is 2.65. The van der Waals surface area contributed by atoms with Gasteiger partial charge in [0.2, 0.25) is 5.91 Å². The van der Waals surface area contributed by atoms with E-state index in [0.717, 1.165) is 32.5 Å². The summed E-state index contributed by atoms with van der Waals surface area (Å²) < 4.78 is 0. The summed E-state index contributed by atoms with van der Waals surface area (Å²) in [6.07, 6.45) is 1.99. The predicted molar refractivity (Wildman–Crippen MR) is 126 cm³/mol. The lowest BCUT2D eigenvalue weighted by Crippen LogP contribution is -2.43. The molecule has 27 heavy (non-hydrogen) atoms. The van der Waals surface area contributed by atoms with Gasteiger partial charge in [-0.05, 0) is 38.8 Å². The lowest BCUT2D eigenvalue weighted by Gasteiger charge is -2.23. The predicted octanol–water partition coefficient (Wildman–Crippen LogP) is 2.94. The van der Waals surface area contributed by atoms with Gasteiger partial charge in [0.15, 0.2) is 5.96 Å². The maximum atomic E-state index is 11.8. The summed E-state index contributed by atoms with van der Waals surface area (Å²) in [7, 11) is 3.49. The van der Waals surface area contributed by atoms with Crippen molar-refractivity contribution in [2.45, 2.75) is 39.7 Å². The highest BCUT2D eigenvalue weighted by Gasteiger charge is 2.07. The van der Waals surface area contributed by atoms with Crippen LogP contribution in [0.2, 0.25) is 0 Å². The zero-order valence-corrected chi connectivity index (χ0v) is 19.7. The van der Waals surface area contributed by atoms with Gasteiger partial charge in [-0.25, -0.2) is 4.99 Å². The molecule has 2 N–H and O–H groups in total. The van der Waals surface area contributed by atoms with Crippen LogP contribution in [-0.4, -0.2) is 63.1 Å². The molecule has 1 rings (SSSR count). The van der Waals surface area contributed by atoms with E-state index in [-0.39, 0.29) is 36.4 Å². The molecular formula is C20H36IN5O. The number of benzene rings is 1. The Bertz CT molecular complexity index is 551. The van der Waals surface area contributed by atoms with E-state index in [1.54, 1.807) is 19.0 Å². The van der Waals surface area contributed by atoms with Crippen molar-refractivity contribution in [2.75, 3.05) is 45.2 Å². The van der Waals surface area contributed by atoms with Crippen molar-refractivity contribution in [3.05, 3.63) is 30.3 Å². The molecule has 0 bridgehead atoms. The molecule has 0 saturated heterocycles. The number of aliphatic imine (C=N–C) groups is 1. The highest BCUT2D eigenvalue weighted by molar-refractivity contribution is 14.0. The quantitative estimate of drug-likeness (QED) is 0.230. The standard InChI is InChI=1S/C20H35N5O.HI/c1-6-17(3)23-20(22-16-19(26)24(4)5)21-14-11-15-25(7-2)18-12-9-8-10-13-18;/h8-10,12-13,17H,6-7,11,14-16H2,1-5H3,(H2,21,22,23);1H. The molecule has 154 valence electrons. The zero-order valence-electron chi connectivity index (χ0n) is 17.4. The number of nitrogens with one attached hydrogen (secondary N) is 2. The molecule has 1 atom stereocenters. The van der Waals surface area contributed by atoms with Crippen LogP contribution in [0.1, 0.15) is 33.6 Å². The van der Waals surface area contributed by atoms with Crippen molar-refractivity contribution in [3.63, 3.8) is 0 Å². The number of hydrogen-bond donors (Lipinski definition) is 2. The second kappa shape index (κ2) is 14.5. The normalized spacial score (nSPS) is 12.0. The van der Waals surface area contributed by atoms with E-state index in [1.165, 1.54) is 5.69 Å². The first-order valence-electron chi connectivity index (χ1n) is 9.52. The number of guanidine groups is 1. The monoisotopic (exact) mass is 489 g/mol. The summed E-state index contributed by atoms with van der Waals surface area (Å²) in [5.74, 6) is 0.703. The molecule has 0 heterocycles. The van der Waals surface area contributed by atoms with Crippen LogP contribution in [0.25, 0.3) is 0 Å². The molecule has 0 aliphatic carbocycles. The maximum absolute atomic E-state index is 11.8. The Morgan fingerprint density at radius 1 is 1.19 bits per heavy atom. The third-order valence-electron chi connectivity index (χ3n) is 4.27. The van der Waals surface area contributed by atoms with E-state index in [1.807, 2.05) is 6.07 Å². The summed E-state index contributed by atoms with van der Waals surface area (Å²) in [4.78, 5) is 20.1. The molecule has 1 amide bonds. The second-order valence-electron chi connectivity index (χ2n) is 6.60. The largest absolute Gasteiger partial charge is 0.372 e. The van der Waals surface area contributed by atoms with E-state index in [9.17, 15) is 4.79 Å². The summed E-state index contributed by atoms with van der Waals surface area (Å²) in [5.41, 5.74) is 1.25. The topological polar surface area (TPSA) is 60.0 Å². The van der Waals surface area contributed by atoms with Gasteiger partial charge in [0.1, 0.15) is 6.54 Å². The molecule has 0 radical (unpaired) electrons. The third-order valence-corrected chi connectivity index (χ3v) is 4.27. The van der Waals surface area contributed by atoms with Gasteiger partial charge in [-0.2, -0.15) is 0 Å². The lowest BCUT2D eigenvalue weighted by molar-refractivity contribution is -0.127. The molecule has 0 aliphatic rings. The third kappa shape index (κ3) is 10.4. The fraction of sp³-hybridized carbons (Fsp3) is 0.600. The number of hydrogen-bond acceptors (Lipinski definition) is 3. The number of likely N-dealkylation sites (N-methyl/N-ethyl adjacent to an activating group) is 1. The molecule has 6 nitrogen and oxygen atoms in total. The number of rotatable bonds is 10. The Morgan fingerprint density at radius 2 is 1.85 bits per heavy atom. The van der Waals surface area contributed by atoms with E-state index >= 15 is 0 Å². The number of carbonyl (C=O) groups excluding carboxylic acids is 1. The molecule has 1 aromatic rings. The van der Waals surface area contributed by atoms with Crippen LogP contribution >= 0.6 is 24.0 Å². The molecule has 0 spiro atoms. The van der Waals surface area contributed by atoms with Crippen LogP contribution in [0.3, 0.4) is 0 Å². The van der Waals surface area contributed by atoms with Crippen molar-refractivity contribution >= 4 is 41.5 Å². The molecule has 0 saturated carbocycles. The van der Waals surface area contributed by atoms with Crippen LogP contribution in [0.4, 0.5) is 5.69 Å². The molecule has 0 aromatic heterocycles. The highest BCUT2D eigenvalue weighted by atomic mass is 127. The van der Waals surface area contributed by atoms with Gasteiger partial charge < -0.3 is 20.4 Å². The van der Waals surface area contributed by atoms with Gasteiger partial charge in [0.25, 0.3) is 0 Å².